The summed E-state index contributed by atoms with van der Waals surface area (Å²) in [5.41, 5.74) is 2.13. The maximum absolute atomic E-state index is 10.8. The minimum Gasteiger partial charge on any atom is -0.367 e. The second-order valence-electron chi connectivity index (χ2n) is 5.66. The van der Waals surface area contributed by atoms with Crippen LogP contribution >= 0.6 is 0 Å². The van der Waals surface area contributed by atoms with Gasteiger partial charge in [-0.05, 0) is 39.1 Å². The highest BCUT2D eigenvalue weighted by atomic mass is 16.1. The first kappa shape index (κ1) is 13.6. The summed E-state index contributed by atoms with van der Waals surface area (Å²) in [6.07, 6.45) is 0.776. The van der Waals surface area contributed by atoms with Gasteiger partial charge in [0.05, 0.1) is 11.3 Å². The first-order chi connectivity index (χ1) is 8.97. The molecule has 0 bridgehead atoms. The highest BCUT2D eigenvalue weighted by molar-refractivity contribution is 5.78. The van der Waals surface area contributed by atoms with E-state index in [0.717, 1.165) is 31.6 Å². The van der Waals surface area contributed by atoms with Crippen molar-refractivity contribution in [3.05, 3.63) is 29.3 Å². The molecule has 4 heteroatoms. The van der Waals surface area contributed by atoms with Crippen LogP contribution in [0.1, 0.15) is 29.8 Å². The van der Waals surface area contributed by atoms with Crippen molar-refractivity contribution in [2.45, 2.75) is 19.4 Å². The third kappa shape index (κ3) is 2.61. The average molecular weight is 257 g/mol. The number of anilines is 1. The van der Waals surface area contributed by atoms with Gasteiger partial charge >= 0.3 is 0 Å². The molecule has 1 aliphatic rings. The molecule has 1 heterocycles. The molecule has 1 aromatic carbocycles. The molecule has 0 unspecified atom stereocenters. The second-order valence-corrected chi connectivity index (χ2v) is 5.66. The Bertz CT molecular complexity index is 531. The summed E-state index contributed by atoms with van der Waals surface area (Å²) in [5, 5.41) is 9.25. The largest absolute Gasteiger partial charge is 0.367 e. The smallest absolute Gasteiger partial charge is 0.150 e. The van der Waals surface area contributed by atoms with Gasteiger partial charge in [0.25, 0.3) is 0 Å². The molecular formula is C15H19N3O. The molecule has 4 nitrogen and oxygen atoms in total. The van der Waals surface area contributed by atoms with Crippen molar-refractivity contribution in [2.24, 2.45) is 0 Å². The first-order valence-electron chi connectivity index (χ1n) is 6.43. The third-order valence-corrected chi connectivity index (χ3v) is 3.93. The number of hydrogen-bond acceptors (Lipinski definition) is 4. The van der Waals surface area contributed by atoms with Crippen molar-refractivity contribution in [1.29, 1.82) is 5.26 Å². The standard InChI is InChI=1S/C15H19N3O/c1-15(2)11-18(7-6-17(15)3)14-5-4-12(10-19)8-13(14)9-16/h4-5,8,10H,6-7,11H2,1-3H3. The Hall–Kier alpha value is -1.86. The Kier molecular flexibility index (Phi) is 3.59. The molecule has 0 amide bonds. The van der Waals surface area contributed by atoms with Crippen molar-refractivity contribution in [3.8, 4) is 6.07 Å². The minimum atomic E-state index is 0.0777. The molecule has 1 aromatic rings. The summed E-state index contributed by atoms with van der Waals surface area (Å²) in [6, 6.07) is 7.50. The molecule has 1 saturated heterocycles. The van der Waals surface area contributed by atoms with E-state index in [-0.39, 0.29) is 5.54 Å². The van der Waals surface area contributed by atoms with Crippen molar-refractivity contribution >= 4 is 12.0 Å². The number of rotatable bonds is 2. The maximum atomic E-state index is 10.8. The van der Waals surface area contributed by atoms with E-state index < -0.39 is 0 Å². The lowest BCUT2D eigenvalue weighted by molar-refractivity contribution is 0.112. The third-order valence-electron chi connectivity index (χ3n) is 3.93. The molecule has 1 fully saturated rings. The summed E-state index contributed by atoms with van der Waals surface area (Å²) in [4.78, 5) is 15.3. The van der Waals surface area contributed by atoms with E-state index in [1.165, 1.54) is 0 Å². The molecule has 0 N–H and O–H groups in total. The van der Waals surface area contributed by atoms with Gasteiger partial charge in [-0.25, -0.2) is 0 Å². The van der Waals surface area contributed by atoms with Gasteiger partial charge in [0.15, 0.2) is 0 Å². The van der Waals surface area contributed by atoms with Crippen LogP contribution in [-0.4, -0.2) is 43.4 Å². The topological polar surface area (TPSA) is 47.3 Å². The number of nitrogens with zero attached hydrogens (tertiary/aromatic N) is 3. The Morgan fingerprint density at radius 3 is 2.68 bits per heavy atom. The summed E-state index contributed by atoms with van der Waals surface area (Å²) in [6.45, 7) is 7.14. The number of carbonyl (C=O) groups is 1. The van der Waals surface area contributed by atoms with Gasteiger partial charge in [0.1, 0.15) is 12.4 Å². The molecule has 0 atom stereocenters. The van der Waals surface area contributed by atoms with Gasteiger partial charge in [-0.3, -0.25) is 9.69 Å². The summed E-state index contributed by atoms with van der Waals surface area (Å²) < 4.78 is 0. The van der Waals surface area contributed by atoms with Crippen LogP contribution in [0.2, 0.25) is 0 Å². The molecule has 19 heavy (non-hydrogen) atoms. The quantitative estimate of drug-likeness (QED) is 0.759. The molecule has 2 rings (SSSR count). The predicted octanol–water partition coefficient (Wildman–Crippen LogP) is 1.90. The lowest BCUT2D eigenvalue weighted by Crippen LogP contribution is -2.57. The normalized spacial score (nSPS) is 18.9. The van der Waals surface area contributed by atoms with Crippen LogP contribution < -0.4 is 4.90 Å². The van der Waals surface area contributed by atoms with E-state index in [1.807, 2.05) is 6.07 Å². The lowest BCUT2D eigenvalue weighted by atomic mass is 9.98. The molecule has 0 aliphatic carbocycles. The van der Waals surface area contributed by atoms with Crippen LogP contribution in [-0.2, 0) is 0 Å². The SMILES string of the molecule is CN1CCN(c2ccc(C=O)cc2C#N)CC1(C)C. The van der Waals surface area contributed by atoms with Crippen LogP contribution in [0.3, 0.4) is 0 Å². The molecule has 0 radical (unpaired) electrons. The number of carbonyl (C=O) groups excluding carboxylic acids is 1. The fraction of sp³-hybridized carbons (Fsp3) is 0.467. The molecule has 1 aliphatic heterocycles. The highest BCUT2D eigenvalue weighted by Gasteiger charge is 2.31. The Morgan fingerprint density at radius 2 is 2.11 bits per heavy atom. The van der Waals surface area contributed by atoms with E-state index in [9.17, 15) is 10.1 Å². The summed E-state index contributed by atoms with van der Waals surface area (Å²) >= 11 is 0. The molecule has 0 aromatic heterocycles. The number of benzene rings is 1. The number of hydrogen-bond donors (Lipinski definition) is 0. The Labute approximate surface area is 114 Å². The minimum absolute atomic E-state index is 0.0777. The van der Waals surface area contributed by atoms with Crippen LogP contribution in [0, 0.1) is 11.3 Å². The van der Waals surface area contributed by atoms with Gasteiger partial charge in [-0.2, -0.15) is 5.26 Å². The second kappa shape index (κ2) is 5.02. The fourth-order valence-corrected chi connectivity index (χ4v) is 2.44. The number of aldehydes is 1. The monoisotopic (exact) mass is 257 g/mol. The van der Waals surface area contributed by atoms with Crippen LogP contribution in [0.25, 0.3) is 0 Å². The zero-order valence-corrected chi connectivity index (χ0v) is 11.7. The van der Waals surface area contributed by atoms with E-state index in [1.54, 1.807) is 12.1 Å². The van der Waals surface area contributed by atoms with Crippen molar-refractivity contribution < 1.29 is 4.79 Å². The van der Waals surface area contributed by atoms with Crippen LogP contribution in [0.5, 0.6) is 0 Å². The Balaban J connectivity index is 2.33. The van der Waals surface area contributed by atoms with E-state index >= 15 is 0 Å². The zero-order valence-electron chi connectivity index (χ0n) is 11.7. The van der Waals surface area contributed by atoms with E-state index in [0.29, 0.717) is 11.1 Å². The molecule has 100 valence electrons. The van der Waals surface area contributed by atoms with Gasteiger partial charge in [0, 0.05) is 30.7 Å². The maximum Gasteiger partial charge on any atom is 0.150 e. The fourth-order valence-electron chi connectivity index (χ4n) is 2.44. The number of likely N-dealkylation sites (N-methyl/N-ethyl adjacent to an activating group) is 1. The van der Waals surface area contributed by atoms with Crippen molar-refractivity contribution in [3.63, 3.8) is 0 Å². The highest BCUT2D eigenvalue weighted by Crippen LogP contribution is 2.27. The van der Waals surface area contributed by atoms with Crippen LogP contribution in [0.4, 0.5) is 5.69 Å². The first-order valence-corrected chi connectivity index (χ1v) is 6.43. The predicted molar refractivity (Wildman–Crippen MR) is 75.5 cm³/mol. The van der Waals surface area contributed by atoms with Gasteiger partial charge in [-0.1, -0.05) is 0 Å². The molecular weight excluding hydrogens is 238 g/mol. The van der Waals surface area contributed by atoms with E-state index in [2.05, 4.69) is 36.8 Å². The summed E-state index contributed by atoms with van der Waals surface area (Å²) in [7, 11) is 2.12. The molecule has 0 spiro atoms. The van der Waals surface area contributed by atoms with Gasteiger partial charge in [0.2, 0.25) is 0 Å². The van der Waals surface area contributed by atoms with Crippen molar-refractivity contribution in [2.75, 3.05) is 31.6 Å². The average Bonchev–Trinajstić information content (AvgIpc) is 2.41. The van der Waals surface area contributed by atoms with Gasteiger partial charge in [-0.15, -0.1) is 0 Å². The van der Waals surface area contributed by atoms with Gasteiger partial charge < -0.3 is 4.90 Å². The zero-order chi connectivity index (χ0) is 14.0. The number of piperazine rings is 1. The van der Waals surface area contributed by atoms with Crippen LogP contribution in [0.15, 0.2) is 18.2 Å². The lowest BCUT2D eigenvalue weighted by Gasteiger charge is -2.46. The molecule has 0 saturated carbocycles. The van der Waals surface area contributed by atoms with E-state index in [4.69, 9.17) is 0 Å². The Morgan fingerprint density at radius 1 is 1.37 bits per heavy atom. The summed E-state index contributed by atoms with van der Waals surface area (Å²) in [5.74, 6) is 0. The van der Waals surface area contributed by atoms with Crippen molar-refractivity contribution in [1.82, 2.24) is 4.90 Å². The number of nitriles is 1.